The molecule has 3 aromatic rings. The van der Waals surface area contributed by atoms with Crippen LogP contribution in [0, 0.1) is 10.1 Å². The first-order valence-electron chi connectivity index (χ1n) is 9.19. The fourth-order valence-corrected chi connectivity index (χ4v) is 3.42. The average molecular weight is 473 g/mol. The number of hydrazone groups is 1. The van der Waals surface area contributed by atoms with Gasteiger partial charge in [-0.25, -0.2) is 5.43 Å². The Kier molecular flexibility index (Phi) is 7.53. The van der Waals surface area contributed by atoms with Crippen LogP contribution in [0.15, 0.2) is 65.8 Å². The molecule has 1 aromatic heterocycles. The Morgan fingerprint density at radius 2 is 1.78 bits per heavy atom. The molecule has 2 N–H and O–H groups in total. The van der Waals surface area contributed by atoms with Gasteiger partial charge in [0.2, 0.25) is 0 Å². The summed E-state index contributed by atoms with van der Waals surface area (Å²) in [7, 11) is 0. The van der Waals surface area contributed by atoms with Crippen LogP contribution in [0.5, 0.6) is 5.75 Å². The number of thiophene rings is 1. The highest BCUT2D eigenvalue weighted by atomic mass is 35.5. The van der Waals surface area contributed by atoms with Crippen molar-refractivity contribution in [1.82, 2.24) is 5.43 Å². The van der Waals surface area contributed by atoms with Gasteiger partial charge in [0.1, 0.15) is 5.75 Å². The van der Waals surface area contributed by atoms with Crippen molar-refractivity contribution in [3.63, 3.8) is 0 Å². The second kappa shape index (κ2) is 10.5. The normalized spacial score (nSPS) is 11.0. The van der Waals surface area contributed by atoms with Crippen molar-refractivity contribution in [2.45, 2.75) is 6.92 Å². The van der Waals surface area contributed by atoms with Crippen molar-refractivity contribution in [3.8, 4) is 5.75 Å². The highest BCUT2D eigenvalue weighted by Crippen LogP contribution is 2.22. The summed E-state index contributed by atoms with van der Waals surface area (Å²) in [5.74, 6) is -0.407. The molecule has 164 valence electrons. The number of hydrogen-bond acceptors (Lipinski definition) is 7. The van der Waals surface area contributed by atoms with Crippen molar-refractivity contribution in [2.24, 2.45) is 5.10 Å². The fourth-order valence-electron chi connectivity index (χ4n) is 2.48. The van der Waals surface area contributed by atoms with E-state index in [-0.39, 0.29) is 18.2 Å². The van der Waals surface area contributed by atoms with Crippen LogP contribution >= 0.6 is 22.9 Å². The van der Waals surface area contributed by atoms with Crippen LogP contribution in [0.25, 0.3) is 0 Å². The maximum Gasteiger partial charge on any atom is 0.277 e. The van der Waals surface area contributed by atoms with Crippen LogP contribution in [0.3, 0.4) is 0 Å². The van der Waals surface area contributed by atoms with Crippen molar-refractivity contribution in [1.29, 1.82) is 0 Å². The summed E-state index contributed by atoms with van der Waals surface area (Å²) >= 11 is 7.04. The number of carbonyl (C=O) groups is 2. The number of non-ortho nitro benzene ring substituents is 1. The zero-order valence-corrected chi connectivity index (χ0v) is 18.3. The van der Waals surface area contributed by atoms with E-state index in [9.17, 15) is 19.7 Å². The summed E-state index contributed by atoms with van der Waals surface area (Å²) in [6.45, 7) is 1.42. The molecule has 0 unspecified atom stereocenters. The maximum absolute atomic E-state index is 12.2. The van der Waals surface area contributed by atoms with Crippen LogP contribution < -0.4 is 15.5 Å². The summed E-state index contributed by atoms with van der Waals surface area (Å²) in [6, 6.07) is 15.7. The van der Waals surface area contributed by atoms with Crippen molar-refractivity contribution in [2.75, 3.05) is 11.9 Å². The van der Waals surface area contributed by atoms with Gasteiger partial charge in [0.15, 0.2) is 6.61 Å². The molecule has 0 saturated carbocycles. The van der Waals surface area contributed by atoms with Crippen molar-refractivity contribution >= 4 is 51.8 Å². The van der Waals surface area contributed by atoms with Gasteiger partial charge < -0.3 is 10.1 Å². The van der Waals surface area contributed by atoms with Crippen LogP contribution in [0.4, 0.5) is 11.4 Å². The first-order chi connectivity index (χ1) is 15.3. The minimum atomic E-state index is -0.520. The third-order valence-corrected chi connectivity index (χ3v) is 5.35. The van der Waals surface area contributed by atoms with Gasteiger partial charge in [-0.05, 0) is 48.9 Å². The van der Waals surface area contributed by atoms with Gasteiger partial charge in [0.05, 0.1) is 19.8 Å². The Morgan fingerprint density at radius 1 is 1.09 bits per heavy atom. The Labute approximate surface area is 191 Å². The Morgan fingerprint density at radius 3 is 2.38 bits per heavy atom. The Bertz CT molecular complexity index is 1160. The lowest BCUT2D eigenvalue weighted by Gasteiger charge is -2.07. The molecule has 0 aliphatic heterocycles. The van der Waals surface area contributed by atoms with E-state index in [2.05, 4.69) is 15.8 Å². The Balaban J connectivity index is 1.49. The SMILES string of the molecule is CC(=NNC(=O)COc1ccc([N+](=O)[O-])cc1)c1ccc(NC(=O)c2ccc(Cl)s2)cc1. The molecular weight excluding hydrogens is 456 g/mol. The van der Waals surface area contributed by atoms with Crippen LogP contribution in [-0.4, -0.2) is 29.1 Å². The maximum atomic E-state index is 12.2. The van der Waals surface area contributed by atoms with Crippen LogP contribution in [0.2, 0.25) is 4.34 Å². The molecule has 2 aromatic carbocycles. The molecule has 0 spiro atoms. The van der Waals surface area contributed by atoms with Gasteiger partial charge in [-0.2, -0.15) is 5.10 Å². The van der Waals surface area contributed by atoms with Gasteiger partial charge in [-0.3, -0.25) is 19.7 Å². The summed E-state index contributed by atoms with van der Waals surface area (Å²) in [4.78, 5) is 34.7. The van der Waals surface area contributed by atoms with E-state index in [0.29, 0.717) is 26.4 Å². The number of rotatable bonds is 8. The lowest BCUT2D eigenvalue weighted by Crippen LogP contribution is -2.25. The van der Waals surface area contributed by atoms with E-state index in [1.165, 1.54) is 35.6 Å². The quantitative estimate of drug-likeness (QED) is 0.284. The van der Waals surface area contributed by atoms with Gasteiger partial charge in [-0.15, -0.1) is 11.3 Å². The summed E-state index contributed by atoms with van der Waals surface area (Å²) in [6.07, 6.45) is 0. The van der Waals surface area contributed by atoms with E-state index in [4.69, 9.17) is 16.3 Å². The third kappa shape index (κ3) is 6.37. The highest BCUT2D eigenvalue weighted by molar-refractivity contribution is 7.18. The van der Waals surface area contributed by atoms with Gasteiger partial charge in [0, 0.05) is 17.8 Å². The van der Waals surface area contributed by atoms with E-state index in [1.807, 2.05) is 0 Å². The summed E-state index contributed by atoms with van der Waals surface area (Å²) in [5.41, 5.74) is 4.23. The zero-order valence-electron chi connectivity index (χ0n) is 16.7. The standard InChI is InChI=1S/C21H17ClN4O5S/c1-13(24-25-20(27)12-31-17-8-6-16(7-9-17)26(29)30)14-2-4-15(5-3-14)23-21(28)18-10-11-19(22)32-18/h2-11H,12H2,1H3,(H,23,28)(H,25,27). The monoisotopic (exact) mass is 472 g/mol. The molecule has 3 rings (SSSR count). The Hall–Kier alpha value is -3.76. The topological polar surface area (TPSA) is 123 Å². The fraction of sp³-hybridized carbons (Fsp3) is 0.0952. The second-order valence-corrected chi connectivity index (χ2v) is 8.12. The molecule has 0 aliphatic carbocycles. The number of halogens is 1. The molecule has 0 radical (unpaired) electrons. The molecule has 0 fully saturated rings. The first kappa shape index (κ1) is 22.9. The van der Waals surface area contributed by atoms with E-state index >= 15 is 0 Å². The van der Waals surface area contributed by atoms with Crippen LogP contribution in [0.1, 0.15) is 22.2 Å². The van der Waals surface area contributed by atoms with Crippen molar-refractivity contribution < 1.29 is 19.2 Å². The second-order valence-electron chi connectivity index (χ2n) is 6.41. The average Bonchev–Trinajstić information content (AvgIpc) is 3.23. The number of nitro groups is 1. The third-order valence-electron chi connectivity index (χ3n) is 4.12. The number of amides is 2. The molecule has 0 saturated heterocycles. The molecule has 2 amide bonds. The molecule has 0 bridgehead atoms. The highest BCUT2D eigenvalue weighted by Gasteiger charge is 2.10. The lowest BCUT2D eigenvalue weighted by molar-refractivity contribution is -0.384. The molecule has 0 atom stereocenters. The lowest BCUT2D eigenvalue weighted by atomic mass is 10.1. The first-order valence-corrected chi connectivity index (χ1v) is 10.4. The molecule has 0 aliphatic rings. The van der Waals surface area contributed by atoms with E-state index < -0.39 is 10.8 Å². The number of nitrogens with zero attached hydrogens (tertiary/aromatic N) is 2. The van der Waals surface area contributed by atoms with Gasteiger partial charge in [-0.1, -0.05) is 23.7 Å². The number of nitro benzene ring substituents is 1. The number of nitrogens with one attached hydrogen (secondary N) is 2. The molecule has 9 nitrogen and oxygen atoms in total. The molecular formula is C21H17ClN4O5S. The minimum Gasteiger partial charge on any atom is -0.484 e. The van der Waals surface area contributed by atoms with Crippen molar-refractivity contribution in [3.05, 3.63) is 85.6 Å². The predicted octanol–water partition coefficient (Wildman–Crippen LogP) is 4.48. The van der Waals surface area contributed by atoms with E-state index in [1.54, 1.807) is 43.3 Å². The minimum absolute atomic E-state index is 0.0662. The summed E-state index contributed by atoms with van der Waals surface area (Å²) in [5, 5.41) is 17.4. The van der Waals surface area contributed by atoms with Crippen LogP contribution in [-0.2, 0) is 4.79 Å². The smallest absolute Gasteiger partial charge is 0.277 e. The largest absolute Gasteiger partial charge is 0.484 e. The van der Waals surface area contributed by atoms with Gasteiger partial charge in [0.25, 0.3) is 17.5 Å². The van der Waals surface area contributed by atoms with Gasteiger partial charge >= 0.3 is 0 Å². The number of hydrogen-bond donors (Lipinski definition) is 2. The number of benzene rings is 2. The molecule has 32 heavy (non-hydrogen) atoms. The predicted molar refractivity (Wildman–Crippen MR) is 123 cm³/mol. The zero-order chi connectivity index (χ0) is 23.1. The molecule has 1 heterocycles. The number of ether oxygens (including phenoxy) is 1. The number of anilines is 1. The summed E-state index contributed by atoms with van der Waals surface area (Å²) < 4.78 is 5.82. The van der Waals surface area contributed by atoms with E-state index in [0.717, 1.165) is 5.56 Å². The number of carbonyl (C=O) groups excluding carboxylic acids is 2. The molecule has 11 heteroatoms.